The van der Waals surface area contributed by atoms with Gasteiger partial charge in [0.05, 0.1) is 0 Å². The Morgan fingerprint density at radius 1 is 1.33 bits per heavy atom. The molecule has 15 heavy (non-hydrogen) atoms. The van der Waals surface area contributed by atoms with Crippen LogP contribution in [0.4, 0.5) is 0 Å². The highest BCUT2D eigenvalue weighted by atomic mass is 28.3. The highest BCUT2D eigenvalue weighted by molar-refractivity contribution is 6.76. The minimum atomic E-state index is -1.02. The molecule has 86 valence electrons. The zero-order valence-electron chi connectivity index (χ0n) is 9.99. The van der Waals surface area contributed by atoms with Crippen LogP contribution in [-0.4, -0.2) is 23.8 Å². The van der Waals surface area contributed by atoms with Crippen molar-refractivity contribution < 1.29 is 4.74 Å². The normalized spacial score (nSPS) is 12.0. The topological polar surface area (TPSA) is 36.2 Å². The summed E-state index contributed by atoms with van der Waals surface area (Å²) in [7, 11) is 0.716. The van der Waals surface area contributed by atoms with Gasteiger partial charge in [0.2, 0.25) is 0 Å². The van der Waals surface area contributed by atoms with Gasteiger partial charge in [-0.1, -0.05) is 19.6 Å². The third-order valence-electron chi connectivity index (χ3n) is 2.24. The van der Waals surface area contributed by atoms with Crippen molar-refractivity contribution in [3.8, 4) is 0 Å². The van der Waals surface area contributed by atoms with Crippen molar-refractivity contribution in [1.29, 1.82) is 0 Å². The van der Waals surface area contributed by atoms with Gasteiger partial charge in [-0.2, -0.15) is 0 Å². The van der Waals surface area contributed by atoms with Crippen molar-refractivity contribution in [1.82, 2.24) is 9.13 Å². The largest absolute Gasteiger partial charge is 0.361 e. The number of ether oxygens (including phenoxy) is 1. The molecule has 1 heterocycles. The fourth-order valence-corrected chi connectivity index (χ4v) is 1.91. The first-order valence-electron chi connectivity index (χ1n) is 5.20. The first-order chi connectivity index (χ1) is 6.90. The van der Waals surface area contributed by atoms with E-state index in [4.69, 9.17) is 4.74 Å². The second-order valence-corrected chi connectivity index (χ2v) is 10.6. The Balaban J connectivity index is 2.33. The molecule has 0 saturated carbocycles. The molecule has 0 spiro atoms. The molecule has 1 aromatic rings. The summed E-state index contributed by atoms with van der Waals surface area (Å²) in [6, 6.07) is 1.13. The van der Waals surface area contributed by atoms with Crippen LogP contribution >= 0.6 is 0 Å². The predicted molar refractivity (Wildman–Crippen MR) is 63.8 cm³/mol. The Bertz CT molecular complexity index is 362. The molecule has 5 heteroatoms. The molecule has 0 N–H and O–H groups in total. The van der Waals surface area contributed by atoms with E-state index in [0.29, 0.717) is 6.73 Å². The molecule has 0 atom stereocenters. The van der Waals surface area contributed by atoms with Crippen molar-refractivity contribution in [2.24, 2.45) is 7.05 Å². The number of aryl methyl sites for hydroxylation is 1. The molecule has 0 aliphatic heterocycles. The number of rotatable bonds is 5. The first kappa shape index (κ1) is 12.3. The van der Waals surface area contributed by atoms with Gasteiger partial charge in [-0.05, 0) is 6.04 Å². The molecule has 4 nitrogen and oxygen atoms in total. The van der Waals surface area contributed by atoms with Gasteiger partial charge in [-0.3, -0.25) is 4.57 Å². The van der Waals surface area contributed by atoms with Gasteiger partial charge in [0.25, 0.3) is 0 Å². The van der Waals surface area contributed by atoms with Gasteiger partial charge < -0.3 is 9.30 Å². The lowest BCUT2D eigenvalue weighted by atomic mass is 10.8. The van der Waals surface area contributed by atoms with E-state index < -0.39 is 8.07 Å². The average Bonchev–Trinajstić information content (AvgIpc) is 2.42. The second kappa shape index (κ2) is 4.81. The van der Waals surface area contributed by atoms with Crippen LogP contribution in [0.2, 0.25) is 25.7 Å². The Morgan fingerprint density at radius 3 is 2.47 bits per heavy atom. The predicted octanol–water partition coefficient (Wildman–Crippen LogP) is 1.50. The molecular formula is C10H20N2O2Si. The first-order valence-corrected chi connectivity index (χ1v) is 8.90. The van der Waals surface area contributed by atoms with E-state index in [1.54, 1.807) is 28.6 Å². The summed E-state index contributed by atoms with van der Waals surface area (Å²) in [6.07, 6.45) is 3.49. The standard InChI is InChI=1S/C10H20N2O2Si/c1-11-5-6-12(10(11)13)9-14-7-8-15(2,3)4/h5-6H,7-9H2,1-4H3. The summed E-state index contributed by atoms with van der Waals surface area (Å²) in [5, 5.41) is 0. The lowest BCUT2D eigenvalue weighted by molar-refractivity contribution is 0.0846. The number of hydrogen-bond acceptors (Lipinski definition) is 2. The number of hydrogen-bond donors (Lipinski definition) is 0. The van der Waals surface area contributed by atoms with Gasteiger partial charge in [-0.25, -0.2) is 4.79 Å². The van der Waals surface area contributed by atoms with Gasteiger partial charge >= 0.3 is 5.69 Å². The lowest BCUT2D eigenvalue weighted by Crippen LogP contribution is -2.25. The van der Waals surface area contributed by atoms with Crippen LogP contribution in [0.25, 0.3) is 0 Å². The summed E-state index contributed by atoms with van der Waals surface area (Å²) in [5.74, 6) is 0. The maximum atomic E-state index is 11.4. The molecule has 0 fully saturated rings. The second-order valence-electron chi connectivity index (χ2n) is 5.01. The van der Waals surface area contributed by atoms with E-state index in [-0.39, 0.29) is 5.69 Å². The van der Waals surface area contributed by atoms with Crippen LogP contribution in [-0.2, 0) is 18.5 Å². The van der Waals surface area contributed by atoms with Gasteiger partial charge in [0.1, 0.15) is 6.73 Å². The highest BCUT2D eigenvalue weighted by Gasteiger charge is 2.12. The highest BCUT2D eigenvalue weighted by Crippen LogP contribution is 2.07. The van der Waals surface area contributed by atoms with E-state index >= 15 is 0 Å². The van der Waals surface area contributed by atoms with Crippen LogP contribution in [0, 0.1) is 0 Å². The summed E-state index contributed by atoms with van der Waals surface area (Å²) < 4.78 is 8.59. The number of imidazole rings is 1. The summed E-state index contributed by atoms with van der Waals surface area (Å²) in [4.78, 5) is 11.4. The van der Waals surface area contributed by atoms with Crippen molar-refractivity contribution in [3.63, 3.8) is 0 Å². The Kier molecular flexibility index (Phi) is 3.93. The lowest BCUT2D eigenvalue weighted by Gasteiger charge is -2.15. The molecule has 1 rings (SSSR count). The van der Waals surface area contributed by atoms with Gasteiger partial charge in [0, 0.05) is 34.1 Å². The van der Waals surface area contributed by atoms with Crippen LogP contribution in [0.15, 0.2) is 17.2 Å². The van der Waals surface area contributed by atoms with Crippen molar-refractivity contribution in [2.45, 2.75) is 32.4 Å². The fourth-order valence-electron chi connectivity index (χ4n) is 1.15. The Labute approximate surface area is 91.5 Å². The van der Waals surface area contributed by atoms with Crippen molar-refractivity contribution in [2.75, 3.05) is 6.61 Å². The molecule has 0 unspecified atom stereocenters. The smallest absolute Gasteiger partial charge is 0.329 e. The molecular weight excluding hydrogens is 208 g/mol. The van der Waals surface area contributed by atoms with Gasteiger partial charge in [0.15, 0.2) is 0 Å². The minimum Gasteiger partial charge on any atom is -0.361 e. The SMILES string of the molecule is Cn1ccn(COCC[Si](C)(C)C)c1=O. The maximum absolute atomic E-state index is 11.4. The van der Waals surface area contributed by atoms with Crippen LogP contribution in [0.5, 0.6) is 0 Å². The fraction of sp³-hybridized carbons (Fsp3) is 0.700. The average molecular weight is 228 g/mol. The van der Waals surface area contributed by atoms with Crippen LogP contribution < -0.4 is 5.69 Å². The maximum Gasteiger partial charge on any atom is 0.329 e. The molecule has 0 aromatic carbocycles. The molecule has 0 amide bonds. The molecule has 0 bridgehead atoms. The Morgan fingerprint density at radius 2 is 2.00 bits per heavy atom. The van der Waals surface area contributed by atoms with Crippen molar-refractivity contribution >= 4 is 8.07 Å². The summed E-state index contributed by atoms with van der Waals surface area (Å²) >= 11 is 0. The molecule has 0 aliphatic carbocycles. The number of aromatic nitrogens is 2. The zero-order valence-corrected chi connectivity index (χ0v) is 11.0. The van der Waals surface area contributed by atoms with Crippen LogP contribution in [0.1, 0.15) is 0 Å². The minimum absolute atomic E-state index is 0.0250. The van der Waals surface area contributed by atoms with Gasteiger partial charge in [-0.15, -0.1) is 0 Å². The Hall–Kier alpha value is -0.813. The van der Waals surface area contributed by atoms with Crippen LogP contribution in [0.3, 0.4) is 0 Å². The molecule has 0 aliphatic rings. The summed E-state index contributed by atoms with van der Waals surface area (Å²) in [6.45, 7) is 8.04. The zero-order chi connectivity index (χ0) is 11.5. The van der Waals surface area contributed by atoms with E-state index in [1.807, 2.05) is 0 Å². The van der Waals surface area contributed by atoms with E-state index in [1.165, 1.54) is 0 Å². The van der Waals surface area contributed by atoms with E-state index in [9.17, 15) is 4.79 Å². The monoisotopic (exact) mass is 228 g/mol. The quantitative estimate of drug-likeness (QED) is 0.565. The third kappa shape index (κ3) is 4.05. The molecule has 1 aromatic heterocycles. The summed E-state index contributed by atoms with van der Waals surface area (Å²) in [5.41, 5.74) is -0.0250. The molecule has 0 saturated heterocycles. The third-order valence-corrected chi connectivity index (χ3v) is 3.95. The van der Waals surface area contributed by atoms with E-state index in [2.05, 4.69) is 19.6 Å². The number of nitrogens with zero attached hydrogens (tertiary/aromatic N) is 2. The van der Waals surface area contributed by atoms with E-state index in [0.717, 1.165) is 12.7 Å². The molecule has 0 radical (unpaired) electrons. The van der Waals surface area contributed by atoms with Crippen molar-refractivity contribution in [3.05, 3.63) is 22.9 Å².